The van der Waals surface area contributed by atoms with Gasteiger partial charge in [-0.15, -0.1) is 0 Å². The molecule has 0 aromatic carbocycles. The summed E-state index contributed by atoms with van der Waals surface area (Å²) < 4.78 is 0. The van der Waals surface area contributed by atoms with E-state index in [1.54, 1.807) is 0 Å². The van der Waals surface area contributed by atoms with Crippen molar-refractivity contribution < 1.29 is 4.92 Å². The molecule has 0 unspecified atom stereocenters. The SMILES string of the molecule is CC(C)Nc1cc([N+](=O)[O-])cc(Cl)n1. The van der Waals surface area contributed by atoms with Crippen LogP contribution in [0.1, 0.15) is 13.8 Å². The highest BCUT2D eigenvalue weighted by Crippen LogP contribution is 2.20. The summed E-state index contributed by atoms with van der Waals surface area (Å²) in [5.41, 5.74) is -0.0619. The second-order valence-electron chi connectivity index (χ2n) is 3.09. The van der Waals surface area contributed by atoms with E-state index >= 15 is 0 Å². The zero-order valence-electron chi connectivity index (χ0n) is 7.82. The molecule has 1 aromatic rings. The molecule has 0 amide bonds. The molecule has 0 saturated carbocycles. The quantitative estimate of drug-likeness (QED) is 0.478. The monoisotopic (exact) mass is 215 g/mol. The van der Waals surface area contributed by atoms with Crippen LogP contribution in [0, 0.1) is 10.1 Å². The van der Waals surface area contributed by atoms with Gasteiger partial charge in [-0.2, -0.15) is 0 Å². The van der Waals surface area contributed by atoms with E-state index in [2.05, 4.69) is 10.3 Å². The molecule has 0 saturated heterocycles. The maximum atomic E-state index is 10.5. The molecular formula is C8H10ClN3O2. The highest BCUT2D eigenvalue weighted by atomic mass is 35.5. The second-order valence-corrected chi connectivity index (χ2v) is 3.48. The molecule has 0 radical (unpaired) electrons. The lowest BCUT2D eigenvalue weighted by molar-refractivity contribution is -0.384. The topological polar surface area (TPSA) is 68.1 Å². The Kier molecular flexibility index (Phi) is 3.24. The molecule has 1 N–H and O–H groups in total. The first-order valence-electron chi connectivity index (χ1n) is 4.07. The van der Waals surface area contributed by atoms with Gasteiger partial charge >= 0.3 is 0 Å². The van der Waals surface area contributed by atoms with Crippen LogP contribution in [-0.4, -0.2) is 15.9 Å². The van der Waals surface area contributed by atoms with Crippen molar-refractivity contribution in [1.82, 2.24) is 4.98 Å². The van der Waals surface area contributed by atoms with Gasteiger partial charge < -0.3 is 5.32 Å². The molecule has 0 spiro atoms. The molecule has 5 nitrogen and oxygen atoms in total. The van der Waals surface area contributed by atoms with Gasteiger partial charge in [0, 0.05) is 6.04 Å². The van der Waals surface area contributed by atoms with Crippen molar-refractivity contribution in [3.8, 4) is 0 Å². The average molecular weight is 216 g/mol. The summed E-state index contributed by atoms with van der Waals surface area (Å²) in [4.78, 5) is 13.9. The highest BCUT2D eigenvalue weighted by Gasteiger charge is 2.10. The summed E-state index contributed by atoms with van der Waals surface area (Å²) in [6.07, 6.45) is 0. The third-order valence-electron chi connectivity index (χ3n) is 1.43. The Morgan fingerprint density at radius 2 is 2.21 bits per heavy atom. The molecule has 0 atom stereocenters. The normalized spacial score (nSPS) is 10.3. The number of hydrogen-bond acceptors (Lipinski definition) is 4. The summed E-state index contributed by atoms with van der Waals surface area (Å²) in [6.45, 7) is 3.82. The number of rotatable bonds is 3. The largest absolute Gasteiger partial charge is 0.368 e. The van der Waals surface area contributed by atoms with Gasteiger partial charge in [-0.05, 0) is 13.8 Å². The van der Waals surface area contributed by atoms with Crippen molar-refractivity contribution in [3.05, 3.63) is 27.4 Å². The van der Waals surface area contributed by atoms with E-state index in [9.17, 15) is 10.1 Å². The first kappa shape index (κ1) is 10.7. The minimum atomic E-state index is -0.501. The second kappa shape index (κ2) is 4.23. The van der Waals surface area contributed by atoms with Crippen molar-refractivity contribution in [2.45, 2.75) is 19.9 Å². The minimum absolute atomic E-state index is 0.0619. The molecule has 6 heteroatoms. The summed E-state index contributed by atoms with van der Waals surface area (Å²) >= 11 is 5.62. The van der Waals surface area contributed by atoms with E-state index in [-0.39, 0.29) is 16.9 Å². The van der Waals surface area contributed by atoms with E-state index < -0.39 is 4.92 Å². The Labute approximate surface area is 86.3 Å². The van der Waals surface area contributed by atoms with Crippen LogP contribution < -0.4 is 5.32 Å². The van der Waals surface area contributed by atoms with Gasteiger partial charge in [0.15, 0.2) is 0 Å². The molecule has 0 aliphatic heterocycles. The maximum absolute atomic E-state index is 10.5. The van der Waals surface area contributed by atoms with Gasteiger partial charge in [0.1, 0.15) is 11.0 Å². The number of nitrogens with zero attached hydrogens (tertiary/aromatic N) is 2. The van der Waals surface area contributed by atoms with Gasteiger partial charge in [0.05, 0.1) is 17.1 Å². The standard InChI is InChI=1S/C8H10ClN3O2/c1-5(2)10-8-4-6(12(13)14)3-7(9)11-8/h3-5H,1-2H3,(H,10,11). The van der Waals surface area contributed by atoms with E-state index in [1.165, 1.54) is 12.1 Å². The van der Waals surface area contributed by atoms with Gasteiger partial charge in [-0.3, -0.25) is 10.1 Å². The lowest BCUT2D eigenvalue weighted by Crippen LogP contribution is -2.11. The number of halogens is 1. The first-order chi connectivity index (χ1) is 6.49. The minimum Gasteiger partial charge on any atom is -0.368 e. The number of hydrogen-bond donors (Lipinski definition) is 1. The first-order valence-corrected chi connectivity index (χ1v) is 4.45. The lowest BCUT2D eigenvalue weighted by atomic mass is 10.3. The Bertz CT molecular complexity index is 354. The molecule has 0 aliphatic rings. The van der Waals surface area contributed by atoms with Gasteiger partial charge in [0.25, 0.3) is 5.69 Å². The van der Waals surface area contributed by atoms with Crippen LogP contribution in [0.3, 0.4) is 0 Å². The third kappa shape index (κ3) is 2.85. The molecule has 76 valence electrons. The van der Waals surface area contributed by atoms with Crippen molar-refractivity contribution in [3.63, 3.8) is 0 Å². The molecule has 14 heavy (non-hydrogen) atoms. The number of anilines is 1. The van der Waals surface area contributed by atoms with Crippen LogP contribution in [0.5, 0.6) is 0 Å². The molecule has 0 aliphatic carbocycles. The summed E-state index contributed by atoms with van der Waals surface area (Å²) in [6, 6.07) is 2.72. The molecule has 1 rings (SSSR count). The fourth-order valence-electron chi connectivity index (χ4n) is 0.959. The van der Waals surface area contributed by atoms with Crippen molar-refractivity contribution in [1.29, 1.82) is 0 Å². The number of aromatic nitrogens is 1. The summed E-state index contributed by atoms with van der Waals surface area (Å²) in [5, 5.41) is 13.5. The van der Waals surface area contributed by atoms with Crippen LogP contribution >= 0.6 is 11.6 Å². The fourth-order valence-corrected chi connectivity index (χ4v) is 1.16. The zero-order chi connectivity index (χ0) is 10.7. The Balaban J connectivity index is 3.01. The number of nitro groups is 1. The van der Waals surface area contributed by atoms with Crippen LogP contribution in [0.25, 0.3) is 0 Å². The summed E-state index contributed by atoms with van der Waals surface area (Å²) in [7, 11) is 0. The van der Waals surface area contributed by atoms with Gasteiger partial charge in [-0.25, -0.2) is 4.98 Å². The fraction of sp³-hybridized carbons (Fsp3) is 0.375. The number of pyridine rings is 1. The van der Waals surface area contributed by atoms with Crippen molar-refractivity contribution in [2.24, 2.45) is 0 Å². The predicted molar refractivity (Wildman–Crippen MR) is 54.7 cm³/mol. The van der Waals surface area contributed by atoms with Crippen LogP contribution in [0.2, 0.25) is 5.15 Å². The van der Waals surface area contributed by atoms with Crippen molar-refractivity contribution in [2.75, 3.05) is 5.32 Å². The predicted octanol–water partition coefficient (Wildman–Crippen LogP) is 2.46. The molecule has 0 fully saturated rings. The van der Waals surface area contributed by atoms with E-state index in [4.69, 9.17) is 11.6 Å². The zero-order valence-corrected chi connectivity index (χ0v) is 8.58. The Hall–Kier alpha value is -1.36. The third-order valence-corrected chi connectivity index (χ3v) is 1.62. The van der Waals surface area contributed by atoms with Crippen molar-refractivity contribution >= 4 is 23.1 Å². The number of nitrogens with one attached hydrogen (secondary N) is 1. The van der Waals surface area contributed by atoms with E-state index in [0.29, 0.717) is 5.82 Å². The molecular weight excluding hydrogens is 206 g/mol. The smallest absolute Gasteiger partial charge is 0.276 e. The Morgan fingerprint density at radius 1 is 1.57 bits per heavy atom. The summed E-state index contributed by atoms with van der Waals surface area (Å²) in [5.74, 6) is 0.416. The van der Waals surface area contributed by atoms with E-state index in [1.807, 2.05) is 13.8 Å². The molecule has 1 aromatic heterocycles. The molecule has 0 bridgehead atoms. The lowest BCUT2D eigenvalue weighted by Gasteiger charge is -2.08. The maximum Gasteiger partial charge on any atom is 0.276 e. The van der Waals surface area contributed by atoms with E-state index in [0.717, 1.165) is 0 Å². The van der Waals surface area contributed by atoms with Gasteiger partial charge in [0.2, 0.25) is 0 Å². The van der Waals surface area contributed by atoms with Gasteiger partial charge in [-0.1, -0.05) is 11.6 Å². The Morgan fingerprint density at radius 3 is 2.71 bits per heavy atom. The van der Waals surface area contributed by atoms with Crippen LogP contribution in [0.15, 0.2) is 12.1 Å². The molecule has 1 heterocycles. The highest BCUT2D eigenvalue weighted by molar-refractivity contribution is 6.29. The van der Waals surface area contributed by atoms with Crippen LogP contribution in [-0.2, 0) is 0 Å². The van der Waals surface area contributed by atoms with Crippen LogP contribution in [0.4, 0.5) is 11.5 Å². The average Bonchev–Trinajstić information content (AvgIpc) is 2.01.